The van der Waals surface area contributed by atoms with Crippen LogP contribution in [0.4, 0.5) is 0 Å². The Balaban J connectivity index is 1.48. The molecule has 0 saturated carbocycles. The Hall–Kier alpha value is -5.61. The van der Waals surface area contributed by atoms with Gasteiger partial charge in [-0.15, -0.1) is 0 Å². The van der Waals surface area contributed by atoms with E-state index < -0.39 is 18.1 Å². The minimum Gasteiger partial charge on any atom is -0.455 e. The predicted molar refractivity (Wildman–Crippen MR) is 166 cm³/mol. The van der Waals surface area contributed by atoms with E-state index in [9.17, 15) is 0 Å². The summed E-state index contributed by atoms with van der Waals surface area (Å²) in [7, 11) is 0. The third-order valence-electron chi connectivity index (χ3n) is 7.20. The number of nitrogens with zero attached hydrogens (tertiary/aromatic N) is 3. The molecule has 8 aromatic rings. The summed E-state index contributed by atoms with van der Waals surface area (Å²) in [6.07, 6.45) is 0. The number of furan rings is 1. The van der Waals surface area contributed by atoms with E-state index in [0.29, 0.717) is 45.0 Å². The maximum Gasteiger partial charge on any atom is 0.164 e. The maximum absolute atomic E-state index is 8.80. The van der Waals surface area contributed by atoms with Crippen LogP contribution in [0.2, 0.25) is 0 Å². The van der Waals surface area contributed by atoms with E-state index in [2.05, 4.69) is 0 Å². The first-order chi connectivity index (χ1) is 22.4. The van der Waals surface area contributed by atoms with Crippen LogP contribution in [-0.2, 0) is 0 Å². The van der Waals surface area contributed by atoms with Gasteiger partial charge in [-0.05, 0) is 28.5 Å². The summed E-state index contributed by atoms with van der Waals surface area (Å²) in [5.41, 5.74) is 3.92. The first-order valence-electron chi connectivity index (χ1n) is 15.7. The standard InChI is InChI=1S/C37H23N3O/c1-4-13-24(14-5-1)32-28-20-11-10-19-27(28)23-30-33-29(21-12-22-31(33)41-34(30)32)37-39-35(25-15-6-2-7-16-25)38-36(40-37)26-17-8-3-9-18-26/h1-23H/i1D,4D,5D,13D,14D. The van der Waals surface area contributed by atoms with Crippen LogP contribution in [0.3, 0.4) is 0 Å². The topological polar surface area (TPSA) is 51.8 Å². The molecule has 0 aliphatic heterocycles. The normalized spacial score (nSPS) is 13.1. The van der Waals surface area contributed by atoms with E-state index in [0.717, 1.165) is 27.5 Å². The molecular formula is C37H23N3O. The van der Waals surface area contributed by atoms with Crippen LogP contribution < -0.4 is 0 Å². The Labute approximate surface area is 243 Å². The lowest BCUT2D eigenvalue weighted by Crippen LogP contribution is -2.00. The Morgan fingerprint density at radius 1 is 0.537 bits per heavy atom. The zero-order chi connectivity index (χ0) is 31.5. The molecule has 0 radical (unpaired) electrons. The van der Waals surface area contributed by atoms with Gasteiger partial charge in [-0.3, -0.25) is 0 Å². The predicted octanol–water partition coefficient (Wildman–Crippen LogP) is 9.59. The summed E-state index contributed by atoms with van der Waals surface area (Å²) in [5.74, 6) is 1.51. The SMILES string of the molecule is [2H]c1c([2H])c([2H])c(-c2c3ccccc3cc3c2oc2cccc(-c4nc(-c5ccccc5)nc(-c5ccccc5)n4)c23)c([2H])c1[2H]. The van der Waals surface area contributed by atoms with Crippen molar-refractivity contribution < 1.29 is 11.3 Å². The fourth-order valence-corrected chi connectivity index (χ4v) is 5.36. The first-order valence-corrected chi connectivity index (χ1v) is 13.2. The van der Waals surface area contributed by atoms with Gasteiger partial charge in [0.05, 0.1) is 6.85 Å². The van der Waals surface area contributed by atoms with Crippen molar-refractivity contribution in [3.8, 4) is 45.3 Å². The Bertz CT molecular complexity index is 2390. The largest absolute Gasteiger partial charge is 0.455 e. The molecule has 2 aromatic heterocycles. The number of rotatable bonds is 4. The molecule has 0 amide bonds. The molecule has 41 heavy (non-hydrogen) atoms. The van der Waals surface area contributed by atoms with Gasteiger partial charge in [-0.2, -0.15) is 0 Å². The number of aromatic nitrogens is 3. The highest BCUT2D eigenvalue weighted by Crippen LogP contribution is 2.43. The average Bonchev–Trinajstić information content (AvgIpc) is 3.48. The molecule has 0 N–H and O–H groups in total. The average molecular weight is 531 g/mol. The van der Waals surface area contributed by atoms with Crippen LogP contribution in [-0.4, -0.2) is 15.0 Å². The lowest BCUT2D eigenvalue weighted by atomic mass is 9.94. The summed E-state index contributed by atoms with van der Waals surface area (Å²) in [5, 5.41) is 3.02. The highest BCUT2D eigenvalue weighted by atomic mass is 16.3. The van der Waals surface area contributed by atoms with Crippen molar-refractivity contribution in [2.45, 2.75) is 0 Å². The van der Waals surface area contributed by atoms with Gasteiger partial charge in [0.1, 0.15) is 11.2 Å². The lowest BCUT2D eigenvalue weighted by molar-refractivity contribution is 0.670. The van der Waals surface area contributed by atoms with E-state index in [4.69, 9.17) is 26.2 Å². The van der Waals surface area contributed by atoms with Gasteiger partial charge in [-0.1, -0.05) is 127 Å². The summed E-state index contributed by atoms with van der Waals surface area (Å²) in [6, 6.07) is 32.9. The molecule has 0 aliphatic rings. The van der Waals surface area contributed by atoms with Gasteiger partial charge in [0.2, 0.25) is 0 Å². The molecule has 0 bridgehead atoms. The first kappa shape index (κ1) is 18.6. The molecule has 192 valence electrons. The third-order valence-corrected chi connectivity index (χ3v) is 7.20. The monoisotopic (exact) mass is 530 g/mol. The minimum atomic E-state index is -0.444. The van der Waals surface area contributed by atoms with E-state index >= 15 is 0 Å². The second-order valence-corrected chi connectivity index (χ2v) is 9.67. The van der Waals surface area contributed by atoms with Crippen LogP contribution in [0.5, 0.6) is 0 Å². The van der Waals surface area contributed by atoms with Crippen molar-refractivity contribution in [3.05, 3.63) is 139 Å². The van der Waals surface area contributed by atoms with Gasteiger partial charge in [0.15, 0.2) is 17.5 Å². The molecule has 0 unspecified atom stereocenters. The van der Waals surface area contributed by atoms with Crippen LogP contribution >= 0.6 is 0 Å². The summed E-state index contributed by atoms with van der Waals surface area (Å²) < 4.78 is 49.1. The van der Waals surface area contributed by atoms with Crippen LogP contribution in [0, 0.1) is 0 Å². The molecule has 4 heteroatoms. The van der Waals surface area contributed by atoms with Crippen molar-refractivity contribution in [2.75, 3.05) is 0 Å². The molecule has 8 rings (SSSR count). The van der Waals surface area contributed by atoms with E-state index in [1.807, 2.05) is 109 Å². The van der Waals surface area contributed by atoms with Crippen molar-refractivity contribution >= 4 is 32.7 Å². The van der Waals surface area contributed by atoms with Gasteiger partial charge in [-0.25, -0.2) is 15.0 Å². The summed E-state index contributed by atoms with van der Waals surface area (Å²) >= 11 is 0. The van der Waals surface area contributed by atoms with Crippen LogP contribution in [0.25, 0.3) is 78.0 Å². The molecule has 0 atom stereocenters. The number of fused-ring (bicyclic) bond motifs is 4. The highest BCUT2D eigenvalue weighted by molar-refractivity contribution is 6.21. The van der Waals surface area contributed by atoms with Crippen molar-refractivity contribution in [3.63, 3.8) is 0 Å². The van der Waals surface area contributed by atoms with E-state index in [-0.39, 0.29) is 17.6 Å². The lowest BCUT2D eigenvalue weighted by Gasteiger charge is -2.10. The Morgan fingerprint density at radius 3 is 1.88 bits per heavy atom. The summed E-state index contributed by atoms with van der Waals surface area (Å²) in [6.45, 7) is 0. The second kappa shape index (κ2) is 9.54. The second-order valence-electron chi connectivity index (χ2n) is 9.67. The fraction of sp³-hybridized carbons (Fsp3) is 0. The van der Waals surface area contributed by atoms with Gasteiger partial charge >= 0.3 is 0 Å². The third kappa shape index (κ3) is 3.97. The molecule has 2 heterocycles. The molecule has 0 spiro atoms. The Morgan fingerprint density at radius 2 is 1.17 bits per heavy atom. The number of benzene rings is 6. The molecule has 4 nitrogen and oxygen atoms in total. The maximum atomic E-state index is 8.80. The van der Waals surface area contributed by atoms with Gasteiger partial charge in [0, 0.05) is 33.0 Å². The minimum absolute atomic E-state index is 0.0892. The van der Waals surface area contributed by atoms with Crippen molar-refractivity contribution in [2.24, 2.45) is 0 Å². The van der Waals surface area contributed by atoms with Crippen molar-refractivity contribution in [1.29, 1.82) is 0 Å². The smallest absolute Gasteiger partial charge is 0.164 e. The van der Waals surface area contributed by atoms with Gasteiger partial charge in [0.25, 0.3) is 0 Å². The quantitative estimate of drug-likeness (QED) is 0.227. The van der Waals surface area contributed by atoms with E-state index in [1.54, 1.807) is 0 Å². The van der Waals surface area contributed by atoms with Crippen LogP contribution in [0.15, 0.2) is 144 Å². The number of hydrogen-bond acceptors (Lipinski definition) is 4. The molecule has 0 fully saturated rings. The zero-order valence-electron chi connectivity index (χ0n) is 26.6. The Kier molecular flexibility index (Phi) is 4.34. The van der Waals surface area contributed by atoms with Crippen molar-refractivity contribution in [1.82, 2.24) is 15.0 Å². The van der Waals surface area contributed by atoms with Crippen LogP contribution in [0.1, 0.15) is 6.85 Å². The van der Waals surface area contributed by atoms with Gasteiger partial charge < -0.3 is 4.42 Å². The molecule has 0 aliphatic carbocycles. The highest BCUT2D eigenvalue weighted by Gasteiger charge is 2.21. The summed E-state index contributed by atoms with van der Waals surface area (Å²) in [4.78, 5) is 14.7. The zero-order valence-corrected chi connectivity index (χ0v) is 21.6. The molecular weight excluding hydrogens is 502 g/mol. The fourth-order valence-electron chi connectivity index (χ4n) is 5.36. The van der Waals surface area contributed by atoms with E-state index in [1.165, 1.54) is 0 Å². The molecule has 0 saturated heterocycles. The molecule has 6 aromatic carbocycles. The number of hydrogen-bond donors (Lipinski definition) is 0.